The Morgan fingerprint density at radius 1 is 1.31 bits per heavy atom. The van der Waals surface area contributed by atoms with Crippen LogP contribution in [-0.2, 0) is 6.42 Å². The van der Waals surface area contributed by atoms with Gasteiger partial charge in [0, 0.05) is 15.7 Å². The Kier molecular flexibility index (Phi) is 3.01. The van der Waals surface area contributed by atoms with Crippen molar-refractivity contribution in [3.8, 4) is 5.69 Å². The predicted molar refractivity (Wildman–Crippen MR) is 68.2 cm³/mol. The number of rotatable bonds is 2. The quantitative estimate of drug-likeness (QED) is 0.903. The maximum absolute atomic E-state index is 12.0. The molecule has 0 saturated heterocycles. The van der Waals surface area contributed by atoms with Gasteiger partial charge in [-0.3, -0.25) is 9.89 Å². The Morgan fingerprint density at radius 3 is 2.44 bits per heavy atom. The van der Waals surface area contributed by atoms with Crippen molar-refractivity contribution in [1.82, 2.24) is 9.78 Å². The van der Waals surface area contributed by atoms with E-state index in [1.54, 1.807) is 4.68 Å². The van der Waals surface area contributed by atoms with Crippen LogP contribution in [0, 0.1) is 6.92 Å². The van der Waals surface area contributed by atoms with E-state index in [0.29, 0.717) is 0 Å². The van der Waals surface area contributed by atoms with Crippen LogP contribution in [0.15, 0.2) is 33.5 Å². The zero-order valence-electron chi connectivity index (χ0n) is 9.25. The largest absolute Gasteiger partial charge is 0.295 e. The summed E-state index contributed by atoms with van der Waals surface area (Å²) in [5, 5.41) is 3.12. The van der Waals surface area contributed by atoms with E-state index in [1.165, 1.54) is 0 Å². The number of aryl methyl sites for hydroxylation is 1. The number of benzene rings is 1. The standard InChI is InChI=1S/C12H13BrN2O/c1-3-11-8(2)12(16)15(14-11)10-6-4-9(13)5-7-10/h4-7,14H,3H2,1-2H3. The lowest BCUT2D eigenvalue weighted by Crippen LogP contribution is -2.15. The number of hydrogen-bond acceptors (Lipinski definition) is 1. The van der Waals surface area contributed by atoms with Crippen LogP contribution in [0.2, 0.25) is 0 Å². The van der Waals surface area contributed by atoms with Gasteiger partial charge in [-0.05, 0) is 37.6 Å². The van der Waals surface area contributed by atoms with Crippen molar-refractivity contribution in [1.29, 1.82) is 0 Å². The maximum atomic E-state index is 12.0. The van der Waals surface area contributed by atoms with E-state index in [0.717, 1.165) is 27.8 Å². The lowest BCUT2D eigenvalue weighted by atomic mass is 10.2. The molecule has 0 spiro atoms. The third-order valence-corrected chi connectivity index (χ3v) is 3.19. The van der Waals surface area contributed by atoms with Gasteiger partial charge in [0.2, 0.25) is 0 Å². The van der Waals surface area contributed by atoms with E-state index in [-0.39, 0.29) is 5.56 Å². The second-order valence-electron chi connectivity index (χ2n) is 3.69. The fourth-order valence-electron chi connectivity index (χ4n) is 1.68. The van der Waals surface area contributed by atoms with Crippen molar-refractivity contribution in [3.05, 3.63) is 50.3 Å². The lowest BCUT2D eigenvalue weighted by Gasteiger charge is -2.01. The molecule has 0 radical (unpaired) electrons. The Balaban J connectivity index is 2.56. The van der Waals surface area contributed by atoms with E-state index < -0.39 is 0 Å². The smallest absolute Gasteiger partial charge is 0.274 e. The van der Waals surface area contributed by atoms with Gasteiger partial charge in [-0.2, -0.15) is 0 Å². The van der Waals surface area contributed by atoms with E-state index >= 15 is 0 Å². The van der Waals surface area contributed by atoms with Crippen molar-refractivity contribution in [2.75, 3.05) is 0 Å². The van der Waals surface area contributed by atoms with Gasteiger partial charge in [-0.1, -0.05) is 22.9 Å². The van der Waals surface area contributed by atoms with Gasteiger partial charge >= 0.3 is 0 Å². The van der Waals surface area contributed by atoms with Gasteiger partial charge in [0.05, 0.1) is 5.69 Å². The molecule has 1 aromatic heterocycles. The summed E-state index contributed by atoms with van der Waals surface area (Å²) in [5.74, 6) is 0. The Morgan fingerprint density at radius 2 is 1.94 bits per heavy atom. The molecule has 0 atom stereocenters. The molecule has 1 aromatic carbocycles. The molecule has 0 aliphatic rings. The number of aromatic amines is 1. The van der Waals surface area contributed by atoms with Crippen LogP contribution in [0.25, 0.3) is 5.69 Å². The van der Waals surface area contributed by atoms with Gasteiger partial charge in [0.1, 0.15) is 0 Å². The summed E-state index contributed by atoms with van der Waals surface area (Å²) >= 11 is 3.37. The normalized spacial score (nSPS) is 10.7. The molecule has 0 saturated carbocycles. The van der Waals surface area contributed by atoms with Crippen LogP contribution in [0.1, 0.15) is 18.2 Å². The second-order valence-corrected chi connectivity index (χ2v) is 4.60. The molecule has 0 bridgehead atoms. The molecule has 0 fully saturated rings. The molecule has 2 rings (SSSR count). The molecule has 0 aliphatic carbocycles. The minimum atomic E-state index is 0.0270. The first-order valence-electron chi connectivity index (χ1n) is 5.20. The highest BCUT2D eigenvalue weighted by molar-refractivity contribution is 9.10. The number of halogens is 1. The van der Waals surface area contributed by atoms with Crippen molar-refractivity contribution < 1.29 is 0 Å². The number of aromatic nitrogens is 2. The third-order valence-electron chi connectivity index (χ3n) is 2.66. The van der Waals surface area contributed by atoms with Crippen molar-refractivity contribution in [2.24, 2.45) is 0 Å². The van der Waals surface area contributed by atoms with Crippen LogP contribution in [-0.4, -0.2) is 9.78 Å². The average molecular weight is 281 g/mol. The number of hydrogen-bond donors (Lipinski definition) is 1. The molecule has 4 heteroatoms. The van der Waals surface area contributed by atoms with E-state index in [4.69, 9.17) is 0 Å². The van der Waals surface area contributed by atoms with Gasteiger partial charge in [0.15, 0.2) is 0 Å². The molecular formula is C12H13BrN2O. The van der Waals surface area contributed by atoms with E-state index in [1.807, 2.05) is 38.1 Å². The number of H-pyrrole nitrogens is 1. The molecule has 1 heterocycles. The molecule has 3 nitrogen and oxygen atoms in total. The molecule has 0 amide bonds. The van der Waals surface area contributed by atoms with Gasteiger partial charge < -0.3 is 0 Å². The van der Waals surface area contributed by atoms with Gasteiger partial charge in [-0.15, -0.1) is 0 Å². The van der Waals surface area contributed by atoms with E-state index in [2.05, 4.69) is 21.0 Å². The Labute approximate surface area is 102 Å². The van der Waals surface area contributed by atoms with Gasteiger partial charge in [-0.25, -0.2) is 4.68 Å². The minimum absolute atomic E-state index is 0.0270. The first-order valence-corrected chi connectivity index (χ1v) is 5.99. The molecule has 0 aliphatic heterocycles. The molecule has 1 N–H and O–H groups in total. The number of nitrogens with one attached hydrogen (secondary N) is 1. The van der Waals surface area contributed by atoms with Crippen LogP contribution in [0.4, 0.5) is 0 Å². The topological polar surface area (TPSA) is 37.8 Å². The van der Waals surface area contributed by atoms with Crippen LogP contribution < -0.4 is 5.56 Å². The molecule has 16 heavy (non-hydrogen) atoms. The SMILES string of the molecule is CCc1[nH]n(-c2ccc(Br)cc2)c(=O)c1C. The zero-order valence-corrected chi connectivity index (χ0v) is 10.8. The molecule has 2 aromatic rings. The fourth-order valence-corrected chi connectivity index (χ4v) is 1.95. The van der Waals surface area contributed by atoms with Crippen LogP contribution >= 0.6 is 15.9 Å². The first-order chi connectivity index (χ1) is 7.63. The van der Waals surface area contributed by atoms with Crippen LogP contribution in [0.3, 0.4) is 0 Å². The highest BCUT2D eigenvalue weighted by atomic mass is 79.9. The fraction of sp³-hybridized carbons (Fsp3) is 0.250. The van der Waals surface area contributed by atoms with Crippen molar-refractivity contribution in [3.63, 3.8) is 0 Å². The predicted octanol–water partition coefficient (Wildman–Crippen LogP) is 2.80. The summed E-state index contributed by atoms with van der Waals surface area (Å²) in [6.07, 6.45) is 0.838. The highest BCUT2D eigenvalue weighted by Gasteiger charge is 2.09. The first kappa shape index (κ1) is 11.2. The maximum Gasteiger partial charge on any atom is 0.274 e. The van der Waals surface area contributed by atoms with Crippen LogP contribution in [0.5, 0.6) is 0 Å². The summed E-state index contributed by atoms with van der Waals surface area (Å²) in [4.78, 5) is 12.0. The summed E-state index contributed by atoms with van der Waals surface area (Å²) in [5.41, 5.74) is 2.67. The van der Waals surface area contributed by atoms with E-state index in [9.17, 15) is 4.79 Å². The monoisotopic (exact) mass is 280 g/mol. The zero-order chi connectivity index (χ0) is 11.7. The summed E-state index contributed by atoms with van der Waals surface area (Å²) in [6, 6.07) is 7.65. The second kappa shape index (κ2) is 4.29. The van der Waals surface area contributed by atoms with Crippen molar-refractivity contribution in [2.45, 2.75) is 20.3 Å². The molecule has 0 unspecified atom stereocenters. The van der Waals surface area contributed by atoms with Gasteiger partial charge in [0.25, 0.3) is 5.56 Å². The minimum Gasteiger partial charge on any atom is -0.295 e. The summed E-state index contributed by atoms with van der Waals surface area (Å²) in [6.45, 7) is 3.89. The Bertz CT molecular complexity index is 551. The molecule has 84 valence electrons. The number of nitrogens with zero attached hydrogens (tertiary/aromatic N) is 1. The molecular weight excluding hydrogens is 268 g/mol. The highest BCUT2D eigenvalue weighted by Crippen LogP contribution is 2.13. The summed E-state index contributed by atoms with van der Waals surface area (Å²) < 4.78 is 2.59. The summed E-state index contributed by atoms with van der Waals surface area (Å²) in [7, 11) is 0. The lowest BCUT2D eigenvalue weighted by molar-refractivity contribution is 0.819. The Hall–Kier alpha value is -1.29. The van der Waals surface area contributed by atoms with Crippen molar-refractivity contribution >= 4 is 15.9 Å². The third kappa shape index (κ3) is 1.85. The average Bonchev–Trinajstić information content (AvgIpc) is 2.57.